The zero-order chi connectivity index (χ0) is 16.1. The van der Waals surface area contributed by atoms with Crippen LogP contribution in [0.2, 0.25) is 0 Å². The normalized spacial score (nSPS) is 14.1. The van der Waals surface area contributed by atoms with Gasteiger partial charge in [0.2, 0.25) is 0 Å². The molecule has 0 saturated heterocycles. The summed E-state index contributed by atoms with van der Waals surface area (Å²) in [4.78, 5) is 0. The van der Waals surface area contributed by atoms with Gasteiger partial charge in [0.1, 0.15) is 0 Å². The van der Waals surface area contributed by atoms with Crippen LogP contribution in [0.3, 0.4) is 0 Å². The molecule has 0 rings (SSSR count). The fraction of sp³-hybridized carbons (Fsp3) is 0.111. The maximum Gasteiger partial charge on any atom is 0.175 e. The Morgan fingerprint density at radius 2 is 1.62 bits per heavy atom. The third-order valence-corrected chi connectivity index (χ3v) is 3.57. The minimum atomic E-state index is -3.35. The van der Waals surface area contributed by atoms with Gasteiger partial charge in [-0.3, -0.25) is 0 Å². The number of allylic oxidation sites excluding steroid dienone is 11. The topological polar surface area (TPSA) is 34.1 Å². The predicted octanol–water partition coefficient (Wildman–Crippen LogP) is 4.46. The van der Waals surface area contributed by atoms with Crippen molar-refractivity contribution in [1.82, 2.24) is 0 Å². The molecule has 0 radical (unpaired) electrons. The van der Waals surface area contributed by atoms with Crippen molar-refractivity contribution in [3.63, 3.8) is 0 Å². The lowest BCUT2D eigenvalue weighted by Crippen LogP contribution is -2.04. The Hall–Kier alpha value is -2.13. The van der Waals surface area contributed by atoms with E-state index in [4.69, 9.17) is 0 Å². The van der Waals surface area contributed by atoms with Crippen LogP contribution < -0.4 is 0 Å². The molecule has 0 aliphatic carbocycles. The van der Waals surface area contributed by atoms with Crippen LogP contribution in [-0.4, -0.2) is 14.2 Å². The third kappa shape index (κ3) is 9.41. The molecule has 0 aromatic heterocycles. The molecule has 0 aromatic carbocycles. The number of rotatable bonds is 9. The van der Waals surface area contributed by atoms with Crippen LogP contribution >= 0.6 is 0 Å². The molecule has 0 unspecified atom stereocenters. The van der Waals surface area contributed by atoms with E-state index in [0.717, 1.165) is 5.57 Å². The number of hydrogen-bond acceptors (Lipinski definition) is 2. The molecular formula is C18H22O2S. The minimum Gasteiger partial charge on any atom is -0.224 e. The zero-order valence-corrected chi connectivity index (χ0v) is 13.2. The largest absolute Gasteiger partial charge is 0.224 e. The zero-order valence-electron chi connectivity index (χ0n) is 12.4. The molecule has 0 bridgehead atoms. The number of hydrogen-bond donors (Lipinski definition) is 0. The lowest BCUT2D eigenvalue weighted by atomic mass is 10.2. The highest BCUT2D eigenvalue weighted by Crippen LogP contribution is 2.08. The summed E-state index contributed by atoms with van der Waals surface area (Å²) < 4.78 is 24.2. The van der Waals surface area contributed by atoms with E-state index < -0.39 is 9.84 Å². The predicted molar refractivity (Wildman–Crippen MR) is 93.6 cm³/mol. The Labute approximate surface area is 128 Å². The summed E-state index contributed by atoms with van der Waals surface area (Å²) in [6.07, 6.45) is 16.8. The van der Waals surface area contributed by atoms with Gasteiger partial charge < -0.3 is 0 Å². The molecule has 0 atom stereocenters. The second-order valence-corrected chi connectivity index (χ2v) is 5.97. The van der Waals surface area contributed by atoms with Crippen molar-refractivity contribution in [3.05, 3.63) is 97.1 Å². The van der Waals surface area contributed by atoms with Gasteiger partial charge in [0.15, 0.2) is 9.84 Å². The molecule has 0 aromatic rings. The molecule has 0 aliphatic heterocycles. The van der Waals surface area contributed by atoms with E-state index in [0.29, 0.717) is 5.57 Å². The van der Waals surface area contributed by atoms with Crippen LogP contribution in [0.15, 0.2) is 97.1 Å². The summed E-state index contributed by atoms with van der Waals surface area (Å²) in [6.45, 7) is 12.6. The van der Waals surface area contributed by atoms with Gasteiger partial charge in [0.05, 0.1) is 5.75 Å². The smallest absolute Gasteiger partial charge is 0.175 e. The summed E-state index contributed by atoms with van der Waals surface area (Å²) >= 11 is 0. The Morgan fingerprint density at radius 3 is 2.14 bits per heavy atom. The fourth-order valence-electron chi connectivity index (χ4n) is 1.46. The van der Waals surface area contributed by atoms with Crippen LogP contribution in [0, 0.1) is 0 Å². The summed E-state index contributed by atoms with van der Waals surface area (Å²) in [6, 6.07) is 0. The van der Waals surface area contributed by atoms with Gasteiger partial charge >= 0.3 is 0 Å². The van der Waals surface area contributed by atoms with E-state index in [1.54, 1.807) is 54.7 Å². The molecule has 0 aliphatic rings. The molecule has 0 N–H and O–H groups in total. The molecule has 3 heteroatoms. The van der Waals surface area contributed by atoms with E-state index in [9.17, 15) is 8.42 Å². The molecule has 112 valence electrons. The average molecular weight is 302 g/mol. The Bertz CT molecular complexity index is 610. The van der Waals surface area contributed by atoms with Crippen molar-refractivity contribution in [2.24, 2.45) is 0 Å². The maximum absolute atomic E-state index is 12.1. The highest BCUT2D eigenvalue weighted by Gasteiger charge is 2.07. The van der Waals surface area contributed by atoms with Gasteiger partial charge in [0.25, 0.3) is 0 Å². The van der Waals surface area contributed by atoms with Crippen molar-refractivity contribution in [2.75, 3.05) is 5.75 Å². The fourth-order valence-corrected chi connectivity index (χ4v) is 2.58. The minimum absolute atomic E-state index is 0.0631. The molecule has 0 amide bonds. The maximum atomic E-state index is 12.1. The molecule has 0 heterocycles. The molecule has 0 fully saturated rings. The van der Waals surface area contributed by atoms with E-state index in [1.165, 1.54) is 11.5 Å². The van der Waals surface area contributed by atoms with Crippen LogP contribution in [-0.2, 0) is 9.84 Å². The third-order valence-electron chi connectivity index (χ3n) is 2.28. The van der Waals surface area contributed by atoms with Gasteiger partial charge in [-0.1, -0.05) is 74.4 Å². The average Bonchev–Trinajstić information content (AvgIpc) is 2.42. The SMILES string of the molecule is C=C\C=C/C(/C=C/S(=O)(=O)CC(/C=C\C)=C/C=C)=C\C=C. The van der Waals surface area contributed by atoms with Crippen LogP contribution in [0.1, 0.15) is 6.92 Å². The second-order valence-electron chi connectivity index (χ2n) is 4.08. The summed E-state index contributed by atoms with van der Waals surface area (Å²) in [5, 5.41) is 1.20. The van der Waals surface area contributed by atoms with Crippen molar-refractivity contribution >= 4 is 9.84 Å². The second kappa shape index (κ2) is 10.6. The van der Waals surface area contributed by atoms with E-state index in [2.05, 4.69) is 19.7 Å². The molecule has 21 heavy (non-hydrogen) atoms. The first kappa shape index (κ1) is 18.9. The van der Waals surface area contributed by atoms with E-state index >= 15 is 0 Å². The Morgan fingerprint density at radius 1 is 0.952 bits per heavy atom. The van der Waals surface area contributed by atoms with Gasteiger partial charge in [0, 0.05) is 5.41 Å². The standard InChI is InChI=1S/C18H22O2S/c1-5-9-13-17(10-6-2)14-15-21(19,20)16-18(11-7-3)12-8-4/h5-15H,1-3,16H2,4H3/b12-8-,13-9-,15-14+,17-10+,18-11+. The summed E-state index contributed by atoms with van der Waals surface area (Å²) in [5.74, 6) is -0.0631. The molecule has 0 spiro atoms. The van der Waals surface area contributed by atoms with E-state index in [1.807, 2.05) is 6.92 Å². The first-order valence-corrected chi connectivity index (χ1v) is 8.17. The Kier molecular flexibility index (Phi) is 9.55. The highest BCUT2D eigenvalue weighted by molar-refractivity contribution is 7.94. The molecular weight excluding hydrogens is 280 g/mol. The summed E-state index contributed by atoms with van der Waals surface area (Å²) in [7, 11) is -3.35. The van der Waals surface area contributed by atoms with Gasteiger partial charge in [-0.25, -0.2) is 8.42 Å². The highest BCUT2D eigenvalue weighted by atomic mass is 32.2. The number of sulfone groups is 1. The van der Waals surface area contributed by atoms with Crippen LogP contribution in [0.25, 0.3) is 0 Å². The summed E-state index contributed by atoms with van der Waals surface area (Å²) in [5.41, 5.74) is 1.42. The lowest BCUT2D eigenvalue weighted by Gasteiger charge is -2.00. The monoisotopic (exact) mass is 302 g/mol. The van der Waals surface area contributed by atoms with Crippen molar-refractivity contribution in [2.45, 2.75) is 6.92 Å². The molecule has 0 saturated carbocycles. The van der Waals surface area contributed by atoms with Crippen LogP contribution in [0.5, 0.6) is 0 Å². The lowest BCUT2D eigenvalue weighted by molar-refractivity contribution is 0.607. The van der Waals surface area contributed by atoms with Crippen molar-refractivity contribution in [3.8, 4) is 0 Å². The van der Waals surface area contributed by atoms with Gasteiger partial charge in [-0.15, -0.1) is 0 Å². The first-order valence-electron chi connectivity index (χ1n) is 6.46. The van der Waals surface area contributed by atoms with Crippen LogP contribution in [0.4, 0.5) is 0 Å². The van der Waals surface area contributed by atoms with Crippen molar-refractivity contribution < 1.29 is 8.42 Å². The van der Waals surface area contributed by atoms with Crippen molar-refractivity contribution in [1.29, 1.82) is 0 Å². The quantitative estimate of drug-likeness (QED) is 0.589. The van der Waals surface area contributed by atoms with Gasteiger partial charge in [-0.2, -0.15) is 0 Å². The Balaban J connectivity index is 5.21. The van der Waals surface area contributed by atoms with Gasteiger partial charge in [-0.05, 0) is 24.1 Å². The molecule has 2 nitrogen and oxygen atoms in total. The van der Waals surface area contributed by atoms with E-state index in [-0.39, 0.29) is 5.75 Å². The first-order chi connectivity index (χ1) is 9.99.